The smallest absolute Gasteiger partial charge is 0.0163 e. The van der Waals surface area contributed by atoms with E-state index in [1.807, 2.05) is 6.07 Å². The zero-order valence-corrected chi connectivity index (χ0v) is 13.3. The van der Waals surface area contributed by atoms with Crippen LogP contribution in [0.4, 0.5) is 0 Å². The third-order valence-electron chi connectivity index (χ3n) is 2.82. The molecule has 1 aromatic heterocycles. The second-order valence-corrected chi connectivity index (χ2v) is 4.67. The zero-order chi connectivity index (χ0) is 11.0. The van der Waals surface area contributed by atoms with Gasteiger partial charge in [0.1, 0.15) is 0 Å². The number of hydrogen-bond donors (Lipinski definition) is 0. The van der Waals surface area contributed by atoms with Gasteiger partial charge >= 0.3 is 0 Å². The quantitative estimate of drug-likeness (QED) is 0.732. The van der Waals surface area contributed by atoms with Crippen molar-refractivity contribution in [1.82, 2.24) is 4.57 Å². The Labute approximate surface area is 123 Å². The zero-order valence-electron chi connectivity index (χ0n) is 10.5. The minimum Gasteiger partial charge on any atom is -0.396 e. The Balaban J connectivity index is 0.00000128. The summed E-state index contributed by atoms with van der Waals surface area (Å²) in [4.78, 5) is 0. The largest absolute Gasteiger partial charge is 0.396 e. The third-order valence-corrected chi connectivity index (χ3v) is 2.82. The summed E-state index contributed by atoms with van der Waals surface area (Å²) in [5, 5.41) is 1.33. The van der Waals surface area contributed by atoms with Crippen LogP contribution in [0, 0.1) is 6.07 Å². The maximum absolute atomic E-state index is 3.16. The van der Waals surface area contributed by atoms with Crippen LogP contribution in [0.2, 0.25) is 0 Å². The Kier molecular flexibility index (Phi) is 4.76. The molecule has 0 fully saturated rings. The number of benzene rings is 1. The van der Waals surface area contributed by atoms with Crippen LogP contribution < -0.4 is 0 Å². The van der Waals surface area contributed by atoms with Crippen molar-refractivity contribution in [3.63, 3.8) is 0 Å². The SMILES string of the molecule is CC(C)c1cc2cc[c-]cc2n1C(C)C.[Y]. The van der Waals surface area contributed by atoms with Gasteiger partial charge in [0, 0.05) is 44.4 Å². The van der Waals surface area contributed by atoms with Crippen LogP contribution in [0.5, 0.6) is 0 Å². The monoisotopic (exact) mass is 289 g/mol. The van der Waals surface area contributed by atoms with Gasteiger partial charge in [-0.05, 0) is 19.8 Å². The summed E-state index contributed by atoms with van der Waals surface area (Å²) in [7, 11) is 0. The molecule has 16 heavy (non-hydrogen) atoms. The topological polar surface area (TPSA) is 4.93 Å². The first-order chi connectivity index (χ1) is 7.11. The molecule has 0 atom stereocenters. The summed E-state index contributed by atoms with van der Waals surface area (Å²) in [5.74, 6) is 0.569. The normalized spacial score (nSPS) is 11.1. The standard InChI is InChI=1S/C14H18N.Y/c1-10(2)14-9-12-7-5-6-8-13(12)15(14)11(3)4;/h5,7-11H,1-4H3;/q-1;. The summed E-state index contributed by atoms with van der Waals surface area (Å²) in [6.07, 6.45) is 0. The molecule has 1 heterocycles. The molecule has 2 aromatic rings. The summed E-state index contributed by atoms with van der Waals surface area (Å²) < 4.78 is 2.41. The van der Waals surface area contributed by atoms with Crippen molar-refractivity contribution in [3.8, 4) is 0 Å². The molecule has 0 aliphatic carbocycles. The fourth-order valence-electron chi connectivity index (χ4n) is 2.15. The van der Waals surface area contributed by atoms with Gasteiger partial charge in [-0.1, -0.05) is 25.4 Å². The van der Waals surface area contributed by atoms with Gasteiger partial charge < -0.3 is 4.57 Å². The molecule has 0 N–H and O–H groups in total. The van der Waals surface area contributed by atoms with Crippen LogP contribution in [0.3, 0.4) is 0 Å². The number of aromatic nitrogens is 1. The van der Waals surface area contributed by atoms with Gasteiger partial charge in [0.15, 0.2) is 0 Å². The van der Waals surface area contributed by atoms with Crippen LogP contribution in [-0.2, 0) is 32.7 Å². The molecule has 0 aliphatic heterocycles. The van der Waals surface area contributed by atoms with Gasteiger partial charge in [-0.25, -0.2) is 0 Å². The molecule has 0 amide bonds. The van der Waals surface area contributed by atoms with Gasteiger partial charge in [0.25, 0.3) is 0 Å². The molecule has 0 unspecified atom stereocenters. The van der Waals surface area contributed by atoms with Crippen LogP contribution >= 0.6 is 0 Å². The van der Waals surface area contributed by atoms with Gasteiger partial charge in [-0.2, -0.15) is 24.3 Å². The van der Waals surface area contributed by atoms with Crippen molar-refractivity contribution >= 4 is 10.9 Å². The second kappa shape index (κ2) is 5.47. The number of nitrogens with zero attached hydrogens (tertiary/aromatic N) is 1. The fraction of sp³-hybridized carbons (Fsp3) is 0.429. The van der Waals surface area contributed by atoms with E-state index >= 15 is 0 Å². The molecule has 1 nitrogen and oxygen atoms in total. The fourth-order valence-corrected chi connectivity index (χ4v) is 2.15. The van der Waals surface area contributed by atoms with E-state index in [9.17, 15) is 0 Å². The van der Waals surface area contributed by atoms with Crippen LogP contribution in [0.25, 0.3) is 10.9 Å². The maximum atomic E-state index is 3.16. The van der Waals surface area contributed by atoms with Crippen molar-refractivity contribution in [1.29, 1.82) is 0 Å². The predicted octanol–water partition coefficient (Wildman–Crippen LogP) is 4.14. The van der Waals surface area contributed by atoms with Crippen molar-refractivity contribution < 1.29 is 32.7 Å². The van der Waals surface area contributed by atoms with Crippen LogP contribution in [0.1, 0.15) is 45.3 Å². The Morgan fingerprint density at radius 2 is 1.88 bits per heavy atom. The van der Waals surface area contributed by atoms with E-state index in [0.717, 1.165) is 0 Å². The molecule has 0 saturated heterocycles. The van der Waals surface area contributed by atoms with Crippen molar-refractivity contribution in [2.24, 2.45) is 0 Å². The average molecular weight is 289 g/mol. The molecule has 0 spiro atoms. The van der Waals surface area contributed by atoms with Gasteiger partial charge in [0.05, 0.1) is 0 Å². The van der Waals surface area contributed by atoms with Crippen LogP contribution in [0.15, 0.2) is 24.3 Å². The third kappa shape index (κ3) is 2.41. The second-order valence-electron chi connectivity index (χ2n) is 4.67. The first kappa shape index (κ1) is 13.9. The molecule has 1 radical (unpaired) electrons. The summed E-state index contributed by atoms with van der Waals surface area (Å²) in [5.41, 5.74) is 2.72. The Hall–Kier alpha value is -0.136. The number of fused-ring (bicyclic) bond motifs is 1. The number of hydrogen-bond acceptors (Lipinski definition) is 0. The minimum absolute atomic E-state index is 0. The Bertz CT molecular complexity index is 469. The maximum Gasteiger partial charge on any atom is 0.0163 e. The first-order valence-corrected chi connectivity index (χ1v) is 5.62. The molecule has 83 valence electrons. The molecular weight excluding hydrogens is 271 g/mol. The van der Waals surface area contributed by atoms with E-state index in [4.69, 9.17) is 0 Å². The molecule has 0 bridgehead atoms. The minimum atomic E-state index is 0. The molecule has 2 rings (SSSR count). The Morgan fingerprint density at radius 1 is 1.19 bits per heavy atom. The predicted molar refractivity (Wildman–Crippen MR) is 65.2 cm³/mol. The van der Waals surface area contributed by atoms with E-state index in [0.29, 0.717) is 12.0 Å². The molecule has 0 saturated carbocycles. The summed E-state index contributed by atoms with van der Waals surface area (Å²) in [6.45, 7) is 8.96. The Morgan fingerprint density at radius 3 is 2.44 bits per heavy atom. The molecule has 1 aromatic carbocycles. The van der Waals surface area contributed by atoms with Crippen molar-refractivity contribution in [2.45, 2.75) is 39.7 Å². The molecular formula is C14H18NY-. The van der Waals surface area contributed by atoms with E-state index in [1.54, 1.807) is 0 Å². The van der Waals surface area contributed by atoms with Crippen LogP contribution in [-0.4, -0.2) is 4.57 Å². The van der Waals surface area contributed by atoms with E-state index in [-0.39, 0.29) is 32.7 Å². The van der Waals surface area contributed by atoms with Crippen molar-refractivity contribution in [2.75, 3.05) is 0 Å². The number of rotatable bonds is 2. The first-order valence-electron chi connectivity index (χ1n) is 5.62. The summed E-state index contributed by atoms with van der Waals surface area (Å²) >= 11 is 0. The average Bonchev–Trinajstić information content (AvgIpc) is 2.56. The van der Waals surface area contributed by atoms with Gasteiger partial charge in [-0.3, -0.25) is 0 Å². The van der Waals surface area contributed by atoms with E-state index in [2.05, 4.69) is 56.5 Å². The van der Waals surface area contributed by atoms with Crippen molar-refractivity contribution in [3.05, 3.63) is 36.0 Å². The van der Waals surface area contributed by atoms with Gasteiger partial charge in [0.2, 0.25) is 0 Å². The van der Waals surface area contributed by atoms with E-state index in [1.165, 1.54) is 16.6 Å². The van der Waals surface area contributed by atoms with Gasteiger partial charge in [-0.15, -0.1) is 5.39 Å². The van der Waals surface area contributed by atoms with E-state index < -0.39 is 0 Å². The summed E-state index contributed by atoms with van der Waals surface area (Å²) in [6, 6.07) is 12.2. The molecule has 2 heteroatoms. The molecule has 0 aliphatic rings.